The summed E-state index contributed by atoms with van der Waals surface area (Å²) in [6.45, 7) is 2.12. The molecule has 0 fully saturated rings. The number of rotatable bonds is 7. The molecular formula is C27H26N2O2. The fraction of sp³-hybridized carbons (Fsp3) is 0.111. The summed E-state index contributed by atoms with van der Waals surface area (Å²) in [7, 11) is 3.34. The Bertz CT molecular complexity index is 1140. The van der Waals surface area contributed by atoms with Crippen LogP contribution >= 0.6 is 0 Å². The van der Waals surface area contributed by atoms with Crippen LogP contribution in [0.25, 0.3) is 11.1 Å². The van der Waals surface area contributed by atoms with Gasteiger partial charge in [-0.1, -0.05) is 18.2 Å². The van der Waals surface area contributed by atoms with E-state index in [-0.39, 0.29) is 0 Å². The first kappa shape index (κ1) is 20.4. The summed E-state index contributed by atoms with van der Waals surface area (Å²) in [5.74, 6) is 1.70. The largest absolute Gasteiger partial charge is 0.497 e. The van der Waals surface area contributed by atoms with E-state index in [1.165, 1.54) is 16.7 Å². The average molecular weight is 411 g/mol. The molecule has 4 nitrogen and oxygen atoms in total. The number of hydrogen-bond donors (Lipinski definition) is 2. The van der Waals surface area contributed by atoms with Crippen molar-refractivity contribution in [1.29, 1.82) is 0 Å². The second kappa shape index (κ2) is 9.26. The minimum Gasteiger partial charge on any atom is -0.497 e. The Labute approximate surface area is 183 Å². The second-order valence-electron chi connectivity index (χ2n) is 7.31. The average Bonchev–Trinajstić information content (AvgIpc) is 2.82. The van der Waals surface area contributed by atoms with Gasteiger partial charge in [0.25, 0.3) is 0 Å². The maximum absolute atomic E-state index is 5.22. The van der Waals surface area contributed by atoms with Crippen LogP contribution < -0.4 is 20.1 Å². The highest BCUT2D eigenvalue weighted by atomic mass is 16.5. The third kappa shape index (κ3) is 4.98. The van der Waals surface area contributed by atoms with Gasteiger partial charge in [-0.05, 0) is 96.4 Å². The molecule has 4 aromatic rings. The molecule has 0 spiro atoms. The first-order valence-corrected chi connectivity index (χ1v) is 10.2. The molecule has 0 aromatic heterocycles. The minimum absolute atomic E-state index is 0.848. The van der Waals surface area contributed by atoms with Crippen molar-refractivity contribution in [2.45, 2.75) is 6.92 Å². The molecule has 156 valence electrons. The molecule has 0 heterocycles. The molecule has 4 heteroatoms. The van der Waals surface area contributed by atoms with Crippen molar-refractivity contribution in [3.05, 3.63) is 96.6 Å². The number of methoxy groups -OCH3 is 2. The molecule has 0 bridgehead atoms. The minimum atomic E-state index is 0.848. The van der Waals surface area contributed by atoms with Crippen molar-refractivity contribution >= 4 is 22.7 Å². The summed E-state index contributed by atoms with van der Waals surface area (Å²) in [5, 5.41) is 6.89. The standard InChI is InChI=1S/C27H26N2O2/c1-19-18-21(6-17-27(19)29-24-11-15-26(31-3)16-12-24)20-4-7-22(8-5-20)28-23-9-13-25(30-2)14-10-23/h4-18,28-29H,1-3H3. The zero-order valence-electron chi connectivity index (χ0n) is 18.0. The molecule has 0 radical (unpaired) electrons. The van der Waals surface area contributed by atoms with Crippen molar-refractivity contribution in [1.82, 2.24) is 0 Å². The normalized spacial score (nSPS) is 10.4. The van der Waals surface area contributed by atoms with E-state index in [1.807, 2.05) is 48.5 Å². The van der Waals surface area contributed by atoms with Gasteiger partial charge in [0.2, 0.25) is 0 Å². The molecule has 0 saturated carbocycles. The fourth-order valence-corrected chi connectivity index (χ4v) is 3.40. The van der Waals surface area contributed by atoms with Gasteiger partial charge >= 0.3 is 0 Å². The smallest absolute Gasteiger partial charge is 0.119 e. The molecule has 0 saturated heterocycles. The first-order chi connectivity index (χ1) is 15.1. The molecule has 4 rings (SSSR count). The second-order valence-corrected chi connectivity index (χ2v) is 7.31. The topological polar surface area (TPSA) is 42.5 Å². The number of hydrogen-bond acceptors (Lipinski definition) is 4. The molecule has 0 unspecified atom stereocenters. The van der Waals surface area contributed by atoms with Crippen LogP contribution in [0.3, 0.4) is 0 Å². The number of nitrogens with one attached hydrogen (secondary N) is 2. The quantitative estimate of drug-likeness (QED) is 0.339. The number of aryl methyl sites for hydroxylation is 1. The Balaban J connectivity index is 1.45. The zero-order valence-corrected chi connectivity index (χ0v) is 18.0. The van der Waals surface area contributed by atoms with E-state index < -0.39 is 0 Å². The summed E-state index contributed by atoms with van der Waals surface area (Å²) in [6.07, 6.45) is 0. The van der Waals surface area contributed by atoms with Crippen molar-refractivity contribution < 1.29 is 9.47 Å². The lowest BCUT2D eigenvalue weighted by Gasteiger charge is -2.13. The number of anilines is 4. The van der Waals surface area contributed by atoms with E-state index in [0.717, 1.165) is 34.2 Å². The molecule has 2 N–H and O–H groups in total. The van der Waals surface area contributed by atoms with Gasteiger partial charge in [-0.25, -0.2) is 0 Å². The van der Waals surface area contributed by atoms with E-state index in [9.17, 15) is 0 Å². The molecule has 4 aromatic carbocycles. The maximum atomic E-state index is 5.22. The van der Waals surface area contributed by atoms with Crippen LogP contribution in [0.15, 0.2) is 91.0 Å². The number of benzene rings is 4. The third-order valence-electron chi connectivity index (χ3n) is 5.19. The fourth-order valence-electron chi connectivity index (χ4n) is 3.40. The van der Waals surface area contributed by atoms with Crippen molar-refractivity contribution in [3.8, 4) is 22.6 Å². The molecule has 0 atom stereocenters. The molecule has 0 amide bonds. The van der Waals surface area contributed by atoms with Crippen LogP contribution in [-0.4, -0.2) is 14.2 Å². The van der Waals surface area contributed by atoms with Gasteiger partial charge in [0, 0.05) is 22.7 Å². The van der Waals surface area contributed by atoms with E-state index in [2.05, 4.69) is 60.0 Å². The van der Waals surface area contributed by atoms with Crippen LogP contribution in [0.2, 0.25) is 0 Å². The Kier molecular flexibility index (Phi) is 6.08. The number of ether oxygens (including phenoxy) is 2. The predicted octanol–water partition coefficient (Wildman–Crippen LogP) is 7.17. The van der Waals surface area contributed by atoms with E-state index in [0.29, 0.717) is 0 Å². The lowest BCUT2D eigenvalue weighted by atomic mass is 10.0. The lowest BCUT2D eigenvalue weighted by molar-refractivity contribution is 0.415. The Morgan fingerprint density at radius 1 is 0.516 bits per heavy atom. The molecule has 0 aliphatic heterocycles. The maximum Gasteiger partial charge on any atom is 0.119 e. The van der Waals surface area contributed by atoms with Gasteiger partial charge in [0.1, 0.15) is 11.5 Å². The van der Waals surface area contributed by atoms with Crippen molar-refractivity contribution in [3.63, 3.8) is 0 Å². The van der Waals surface area contributed by atoms with Gasteiger partial charge in [-0.2, -0.15) is 0 Å². The highest BCUT2D eigenvalue weighted by Gasteiger charge is 2.04. The summed E-state index contributed by atoms with van der Waals surface area (Å²) in [4.78, 5) is 0. The van der Waals surface area contributed by atoms with Crippen molar-refractivity contribution in [2.75, 3.05) is 24.9 Å². The van der Waals surface area contributed by atoms with Crippen LogP contribution in [0.1, 0.15) is 5.56 Å². The first-order valence-electron chi connectivity index (χ1n) is 10.2. The van der Waals surface area contributed by atoms with Crippen LogP contribution in [0.5, 0.6) is 11.5 Å². The van der Waals surface area contributed by atoms with Crippen LogP contribution in [0, 0.1) is 6.92 Å². The van der Waals surface area contributed by atoms with Gasteiger partial charge < -0.3 is 20.1 Å². The summed E-state index contributed by atoms with van der Waals surface area (Å²) in [5.41, 5.74) is 7.75. The Morgan fingerprint density at radius 3 is 1.45 bits per heavy atom. The third-order valence-corrected chi connectivity index (χ3v) is 5.19. The van der Waals surface area contributed by atoms with E-state index in [1.54, 1.807) is 14.2 Å². The lowest BCUT2D eigenvalue weighted by Crippen LogP contribution is -1.94. The zero-order chi connectivity index (χ0) is 21.6. The summed E-state index contributed by atoms with van der Waals surface area (Å²) < 4.78 is 10.4. The molecule has 0 aliphatic carbocycles. The van der Waals surface area contributed by atoms with Gasteiger partial charge in [-0.15, -0.1) is 0 Å². The van der Waals surface area contributed by atoms with Crippen LogP contribution in [-0.2, 0) is 0 Å². The molecular weight excluding hydrogens is 384 g/mol. The van der Waals surface area contributed by atoms with Crippen molar-refractivity contribution in [2.24, 2.45) is 0 Å². The Hall–Kier alpha value is -3.92. The van der Waals surface area contributed by atoms with Gasteiger partial charge in [0.15, 0.2) is 0 Å². The highest BCUT2D eigenvalue weighted by molar-refractivity contribution is 5.73. The summed E-state index contributed by atoms with van der Waals surface area (Å²) >= 11 is 0. The monoisotopic (exact) mass is 410 g/mol. The molecule has 31 heavy (non-hydrogen) atoms. The van der Waals surface area contributed by atoms with Gasteiger partial charge in [-0.3, -0.25) is 0 Å². The van der Waals surface area contributed by atoms with E-state index >= 15 is 0 Å². The SMILES string of the molecule is COc1ccc(Nc2ccc(-c3ccc(Nc4ccc(OC)cc4)c(C)c3)cc2)cc1. The predicted molar refractivity (Wildman–Crippen MR) is 129 cm³/mol. The Morgan fingerprint density at radius 2 is 0.968 bits per heavy atom. The van der Waals surface area contributed by atoms with E-state index in [4.69, 9.17) is 9.47 Å². The molecule has 0 aliphatic rings. The summed E-state index contributed by atoms with van der Waals surface area (Å²) in [6, 6.07) is 30.8. The highest BCUT2D eigenvalue weighted by Crippen LogP contribution is 2.29. The van der Waals surface area contributed by atoms with Gasteiger partial charge in [0.05, 0.1) is 14.2 Å². The van der Waals surface area contributed by atoms with Crippen LogP contribution in [0.4, 0.5) is 22.7 Å².